The second kappa shape index (κ2) is 7.29. The van der Waals surface area contributed by atoms with Gasteiger partial charge < -0.3 is 17.3 Å². The minimum atomic E-state index is 0. The minimum Gasteiger partial charge on any atom is -1.00 e. The van der Waals surface area contributed by atoms with Crippen molar-refractivity contribution in [1.29, 1.82) is 0 Å². The van der Waals surface area contributed by atoms with Crippen LogP contribution < -0.4 is 23.0 Å². The predicted octanol–water partition coefficient (Wildman–Crippen LogP) is -1.40. The van der Waals surface area contributed by atoms with E-state index in [4.69, 9.17) is 5.73 Å². The third kappa shape index (κ3) is 3.73. The molecule has 5 heteroatoms. The van der Waals surface area contributed by atoms with Crippen LogP contribution in [-0.2, 0) is 4.79 Å². The number of hydrogen-bond donors (Lipinski definition) is 1. The van der Waals surface area contributed by atoms with Gasteiger partial charge in [-0.2, -0.15) is 0 Å². The largest absolute Gasteiger partial charge is 1.00 e. The lowest BCUT2D eigenvalue weighted by molar-refractivity contribution is -0.509. The number of amidine groups is 1. The summed E-state index contributed by atoms with van der Waals surface area (Å²) < 4.78 is 1.99. The monoisotopic (exact) mass is 295 g/mol. The van der Waals surface area contributed by atoms with Gasteiger partial charge in [0.15, 0.2) is 6.54 Å². The van der Waals surface area contributed by atoms with Crippen LogP contribution in [0.25, 0.3) is 0 Å². The van der Waals surface area contributed by atoms with Crippen LogP contribution in [0.4, 0.5) is 5.69 Å². The van der Waals surface area contributed by atoms with Crippen molar-refractivity contribution < 1.29 is 21.8 Å². The van der Waals surface area contributed by atoms with Gasteiger partial charge in [0.2, 0.25) is 5.84 Å². The lowest BCUT2D eigenvalue weighted by Crippen LogP contribution is -3.00. The zero-order valence-electron chi connectivity index (χ0n) is 12.1. The molecule has 1 aliphatic rings. The summed E-state index contributed by atoms with van der Waals surface area (Å²) in [7, 11) is 0. The topological polar surface area (TPSA) is 49.3 Å². The first kappa shape index (κ1) is 16.5. The van der Waals surface area contributed by atoms with Gasteiger partial charge in [-0.05, 0) is 32.4 Å². The van der Waals surface area contributed by atoms with Crippen LogP contribution in [0.15, 0.2) is 30.3 Å². The average Bonchev–Trinajstić information content (AvgIpc) is 2.76. The van der Waals surface area contributed by atoms with Crippen molar-refractivity contribution in [2.24, 2.45) is 5.73 Å². The van der Waals surface area contributed by atoms with Crippen molar-refractivity contribution in [1.82, 2.24) is 0 Å². The fourth-order valence-electron chi connectivity index (χ4n) is 2.49. The third-order valence-electron chi connectivity index (χ3n) is 3.41. The fraction of sp³-hybridized carbons (Fsp3) is 0.467. The van der Waals surface area contributed by atoms with Crippen molar-refractivity contribution in [2.75, 3.05) is 18.0 Å². The summed E-state index contributed by atoms with van der Waals surface area (Å²) in [5.41, 5.74) is 6.86. The Morgan fingerprint density at radius 2 is 2.00 bits per heavy atom. The Morgan fingerprint density at radius 3 is 2.50 bits per heavy atom. The van der Waals surface area contributed by atoms with Crippen molar-refractivity contribution in [3.8, 4) is 0 Å². The highest BCUT2D eigenvalue weighted by atomic mass is 35.5. The molecular weight excluding hydrogens is 274 g/mol. The predicted molar refractivity (Wildman–Crippen MR) is 77.5 cm³/mol. The number of rotatable bonds is 4. The molecule has 1 aromatic rings. The molecule has 0 aliphatic carbocycles. The first-order valence-electron chi connectivity index (χ1n) is 6.83. The van der Waals surface area contributed by atoms with Gasteiger partial charge in [0.1, 0.15) is 0 Å². The molecule has 0 saturated carbocycles. The van der Waals surface area contributed by atoms with Crippen LogP contribution >= 0.6 is 0 Å². The van der Waals surface area contributed by atoms with E-state index in [1.807, 2.05) is 53.7 Å². The van der Waals surface area contributed by atoms with Gasteiger partial charge in [-0.1, -0.05) is 18.2 Å². The summed E-state index contributed by atoms with van der Waals surface area (Å²) in [6.45, 7) is 5.32. The second-order valence-electron chi connectivity index (χ2n) is 5.21. The van der Waals surface area contributed by atoms with Crippen molar-refractivity contribution in [3.63, 3.8) is 0 Å². The maximum Gasteiger partial charge on any atom is 0.269 e. The van der Waals surface area contributed by atoms with Crippen LogP contribution in [0.1, 0.15) is 26.7 Å². The summed E-state index contributed by atoms with van der Waals surface area (Å²) in [6, 6.07) is 9.93. The van der Waals surface area contributed by atoms with E-state index < -0.39 is 0 Å². The molecule has 0 unspecified atom stereocenters. The van der Waals surface area contributed by atoms with Crippen molar-refractivity contribution >= 4 is 17.4 Å². The number of benzene rings is 1. The highest BCUT2D eigenvalue weighted by molar-refractivity contribution is 5.95. The Balaban J connectivity index is 0.00000200. The Hall–Kier alpha value is -1.55. The van der Waals surface area contributed by atoms with Crippen LogP contribution in [-0.4, -0.2) is 35.4 Å². The molecule has 4 nitrogen and oxygen atoms in total. The number of para-hydroxylation sites is 1. The molecule has 0 radical (unpaired) electrons. The molecule has 1 aromatic carbocycles. The molecule has 20 heavy (non-hydrogen) atoms. The van der Waals surface area contributed by atoms with E-state index in [2.05, 4.69) is 0 Å². The number of hydrogen-bond acceptors (Lipinski definition) is 2. The van der Waals surface area contributed by atoms with Gasteiger partial charge in [-0.3, -0.25) is 15.1 Å². The van der Waals surface area contributed by atoms with E-state index in [0.29, 0.717) is 6.54 Å². The molecule has 0 fully saturated rings. The van der Waals surface area contributed by atoms with Gasteiger partial charge in [0, 0.05) is 11.7 Å². The fourth-order valence-corrected chi connectivity index (χ4v) is 2.49. The SMILES string of the molecule is CC(C)N(C(=O)C[N+]1=C(N)CCC1)c1ccccc1.[Cl-]. The van der Waals surface area contributed by atoms with Crippen LogP contribution in [0.3, 0.4) is 0 Å². The van der Waals surface area contributed by atoms with Gasteiger partial charge in [0.05, 0.1) is 13.0 Å². The molecule has 1 heterocycles. The van der Waals surface area contributed by atoms with Crippen LogP contribution in [0.2, 0.25) is 0 Å². The van der Waals surface area contributed by atoms with Crippen LogP contribution in [0, 0.1) is 0 Å². The molecule has 0 spiro atoms. The Morgan fingerprint density at radius 1 is 1.35 bits per heavy atom. The number of nitrogens with two attached hydrogens (primary N) is 1. The van der Waals surface area contributed by atoms with E-state index in [-0.39, 0.29) is 24.4 Å². The summed E-state index contributed by atoms with van der Waals surface area (Å²) in [6.07, 6.45) is 1.95. The Labute approximate surface area is 126 Å². The lowest BCUT2D eigenvalue weighted by atomic mass is 10.2. The quantitative estimate of drug-likeness (QED) is 0.695. The molecule has 0 aromatic heterocycles. The van der Waals surface area contributed by atoms with E-state index in [0.717, 1.165) is 30.9 Å². The summed E-state index contributed by atoms with van der Waals surface area (Å²) >= 11 is 0. The number of amides is 1. The molecule has 110 valence electrons. The molecule has 1 aliphatic heterocycles. The van der Waals surface area contributed by atoms with E-state index in [1.54, 1.807) is 0 Å². The first-order valence-corrected chi connectivity index (χ1v) is 6.83. The summed E-state index contributed by atoms with van der Waals surface area (Å²) in [5, 5.41) is 0. The number of carbonyl (C=O) groups is 1. The van der Waals surface area contributed by atoms with E-state index in [9.17, 15) is 4.79 Å². The number of nitrogens with zero attached hydrogens (tertiary/aromatic N) is 2. The summed E-state index contributed by atoms with van der Waals surface area (Å²) in [5.74, 6) is 0.941. The maximum absolute atomic E-state index is 12.5. The number of halogens is 1. The molecule has 2 N–H and O–H groups in total. The smallest absolute Gasteiger partial charge is 0.269 e. The molecule has 1 amide bonds. The Kier molecular flexibility index (Phi) is 6.02. The van der Waals surface area contributed by atoms with Gasteiger partial charge in [-0.25, -0.2) is 0 Å². The summed E-state index contributed by atoms with van der Waals surface area (Å²) in [4.78, 5) is 14.3. The first-order chi connectivity index (χ1) is 9.09. The van der Waals surface area contributed by atoms with E-state index in [1.165, 1.54) is 0 Å². The highest BCUT2D eigenvalue weighted by Crippen LogP contribution is 2.17. The zero-order valence-corrected chi connectivity index (χ0v) is 12.8. The van der Waals surface area contributed by atoms with Gasteiger partial charge >= 0.3 is 0 Å². The normalized spacial score (nSPS) is 14.3. The number of carbonyl (C=O) groups excluding carboxylic acids is 1. The molecule has 0 bridgehead atoms. The average molecular weight is 296 g/mol. The maximum atomic E-state index is 12.5. The Bertz CT molecular complexity index is 485. The molecular formula is C15H22ClN3O. The molecule has 0 saturated heterocycles. The number of anilines is 1. The molecule has 0 atom stereocenters. The van der Waals surface area contributed by atoms with Gasteiger partial charge in [0.25, 0.3) is 5.91 Å². The highest BCUT2D eigenvalue weighted by Gasteiger charge is 2.25. The third-order valence-corrected chi connectivity index (χ3v) is 3.41. The molecule has 2 rings (SSSR count). The van der Waals surface area contributed by atoms with Crippen molar-refractivity contribution in [2.45, 2.75) is 32.7 Å². The van der Waals surface area contributed by atoms with E-state index >= 15 is 0 Å². The lowest BCUT2D eigenvalue weighted by Gasteiger charge is -2.26. The standard InChI is InChI=1S/C15H21N3O.ClH/c1-12(2)18(13-7-4-3-5-8-13)15(19)11-17-10-6-9-14(17)16;/h3-5,7-8,12,16H,6,9-11H2,1-2H3;1H. The van der Waals surface area contributed by atoms with Crippen molar-refractivity contribution in [3.05, 3.63) is 30.3 Å². The zero-order chi connectivity index (χ0) is 13.8. The van der Waals surface area contributed by atoms with Crippen LogP contribution in [0.5, 0.6) is 0 Å². The van der Waals surface area contributed by atoms with Gasteiger partial charge in [-0.15, -0.1) is 0 Å². The minimum absolute atomic E-state index is 0. The second-order valence-corrected chi connectivity index (χ2v) is 5.21.